The summed E-state index contributed by atoms with van der Waals surface area (Å²) >= 11 is 7.83. The Morgan fingerprint density at radius 3 is 2.71 bits per heavy atom. The summed E-state index contributed by atoms with van der Waals surface area (Å²) in [5.41, 5.74) is 2.09. The summed E-state index contributed by atoms with van der Waals surface area (Å²) in [6.45, 7) is 10.0. The van der Waals surface area contributed by atoms with Gasteiger partial charge in [-0.05, 0) is 49.7 Å². The molecule has 1 N–H and O–H groups in total. The average molecular weight is 325 g/mol. The van der Waals surface area contributed by atoms with Crippen molar-refractivity contribution in [1.82, 2.24) is 10.3 Å². The molecule has 0 spiro atoms. The van der Waals surface area contributed by atoms with Crippen LogP contribution >= 0.6 is 23.4 Å². The summed E-state index contributed by atoms with van der Waals surface area (Å²) in [6.07, 6.45) is 0. The Balaban J connectivity index is 2.17. The topological polar surface area (TPSA) is 38.1 Å². The lowest BCUT2D eigenvalue weighted by molar-refractivity contribution is 0.431. The summed E-state index contributed by atoms with van der Waals surface area (Å²) in [7, 11) is 0. The van der Waals surface area contributed by atoms with Gasteiger partial charge in [-0.1, -0.05) is 37.6 Å². The average Bonchev–Trinajstić information content (AvgIpc) is 2.72. The smallest absolute Gasteiger partial charge is 0.261 e. The summed E-state index contributed by atoms with van der Waals surface area (Å²) in [4.78, 5) is 5.42. The lowest BCUT2D eigenvalue weighted by Gasteiger charge is -2.11. The minimum absolute atomic E-state index is 0.623. The fourth-order valence-corrected chi connectivity index (χ4v) is 3.15. The van der Waals surface area contributed by atoms with E-state index in [9.17, 15) is 0 Å². The molecule has 114 valence electrons. The molecule has 0 unspecified atom stereocenters. The van der Waals surface area contributed by atoms with Gasteiger partial charge >= 0.3 is 0 Å². The van der Waals surface area contributed by atoms with Gasteiger partial charge in [-0.2, -0.15) is 0 Å². The molecule has 0 amide bonds. The number of benzene rings is 1. The second kappa shape index (κ2) is 7.34. The number of oxazole rings is 1. The number of nitrogens with zero attached hydrogens (tertiary/aromatic N) is 1. The van der Waals surface area contributed by atoms with Crippen molar-refractivity contribution < 1.29 is 4.42 Å². The molecule has 0 radical (unpaired) electrons. The highest BCUT2D eigenvalue weighted by molar-refractivity contribution is 7.99. The number of hydrogen-bond donors (Lipinski definition) is 1. The molecule has 0 atom stereocenters. The molecule has 5 heteroatoms. The Kier molecular flexibility index (Phi) is 5.73. The predicted octanol–water partition coefficient (Wildman–Crippen LogP) is 4.84. The third-order valence-electron chi connectivity index (χ3n) is 3.11. The SMILES string of the molecule is Cc1nc(Sc2c(Cl)cccc2CNCC(C)C)oc1C. The third kappa shape index (κ3) is 4.50. The van der Waals surface area contributed by atoms with Crippen molar-refractivity contribution in [2.45, 2.75) is 44.4 Å². The molecule has 3 nitrogen and oxygen atoms in total. The van der Waals surface area contributed by atoms with Gasteiger partial charge in [-0.3, -0.25) is 0 Å². The van der Waals surface area contributed by atoms with E-state index in [-0.39, 0.29) is 0 Å². The molecule has 0 saturated heterocycles. The van der Waals surface area contributed by atoms with E-state index in [1.807, 2.05) is 26.0 Å². The van der Waals surface area contributed by atoms with E-state index in [1.165, 1.54) is 17.3 Å². The number of hydrogen-bond acceptors (Lipinski definition) is 4. The highest BCUT2D eigenvalue weighted by Crippen LogP contribution is 2.36. The van der Waals surface area contributed by atoms with Crippen LogP contribution in [-0.2, 0) is 6.54 Å². The molecule has 0 saturated carbocycles. The maximum absolute atomic E-state index is 6.35. The van der Waals surface area contributed by atoms with E-state index < -0.39 is 0 Å². The Morgan fingerprint density at radius 2 is 2.10 bits per heavy atom. The zero-order valence-corrected chi connectivity index (χ0v) is 14.4. The van der Waals surface area contributed by atoms with Crippen molar-refractivity contribution in [2.75, 3.05) is 6.54 Å². The number of nitrogens with one attached hydrogen (secondary N) is 1. The Labute approximate surface area is 135 Å². The molecule has 0 aliphatic carbocycles. The second-order valence-electron chi connectivity index (χ2n) is 5.48. The van der Waals surface area contributed by atoms with Crippen LogP contribution in [0.1, 0.15) is 30.9 Å². The first-order chi connectivity index (χ1) is 9.97. The first-order valence-corrected chi connectivity index (χ1v) is 8.26. The molecule has 0 bridgehead atoms. The summed E-state index contributed by atoms with van der Waals surface area (Å²) in [5.74, 6) is 1.47. The number of halogens is 1. The molecule has 0 aliphatic rings. The van der Waals surface area contributed by atoms with Crippen LogP contribution in [0.4, 0.5) is 0 Å². The quantitative estimate of drug-likeness (QED) is 0.825. The first-order valence-electron chi connectivity index (χ1n) is 7.07. The van der Waals surface area contributed by atoms with Gasteiger partial charge in [-0.15, -0.1) is 0 Å². The normalized spacial score (nSPS) is 11.3. The zero-order valence-electron chi connectivity index (χ0n) is 12.9. The van der Waals surface area contributed by atoms with Gasteiger partial charge in [-0.25, -0.2) is 4.98 Å². The fraction of sp³-hybridized carbons (Fsp3) is 0.438. The summed E-state index contributed by atoms with van der Waals surface area (Å²) < 4.78 is 5.64. The monoisotopic (exact) mass is 324 g/mol. The van der Waals surface area contributed by atoms with E-state index >= 15 is 0 Å². The van der Waals surface area contributed by atoms with Crippen molar-refractivity contribution in [2.24, 2.45) is 5.92 Å². The van der Waals surface area contributed by atoms with E-state index in [4.69, 9.17) is 16.0 Å². The van der Waals surface area contributed by atoms with E-state index in [2.05, 4.69) is 30.2 Å². The van der Waals surface area contributed by atoms with Gasteiger partial charge in [0, 0.05) is 11.4 Å². The fourth-order valence-electron chi connectivity index (χ4n) is 1.88. The van der Waals surface area contributed by atoms with Crippen molar-refractivity contribution in [3.05, 3.63) is 40.2 Å². The molecular weight excluding hydrogens is 304 g/mol. The minimum atomic E-state index is 0.623. The molecule has 1 aromatic heterocycles. The molecule has 0 fully saturated rings. The Hall–Kier alpha value is -0.970. The molecule has 21 heavy (non-hydrogen) atoms. The van der Waals surface area contributed by atoms with Crippen LogP contribution in [0.15, 0.2) is 32.7 Å². The predicted molar refractivity (Wildman–Crippen MR) is 88.1 cm³/mol. The molecule has 1 heterocycles. The Bertz CT molecular complexity index is 591. The molecule has 1 aromatic carbocycles. The van der Waals surface area contributed by atoms with Gasteiger partial charge < -0.3 is 9.73 Å². The lowest BCUT2D eigenvalue weighted by atomic mass is 10.2. The number of aryl methyl sites for hydroxylation is 2. The maximum Gasteiger partial charge on any atom is 0.261 e. The van der Waals surface area contributed by atoms with Gasteiger partial charge in [0.05, 0.1) is 10.7 Å². The molecular formula is C16H21ClN2OS. The Morgan fingerprint density at radius 1 is 1.33 bits per heavy atom. The van der Waals surface area contributed by atoms with Crippen LogP contribution in [0.2, 0.25) is 5.02 Å². The van der Waals surface area contributed by atoms with Crippen LogP contribution in [-0.4, -0.2) is 11.5 Å². The summed E-state index contributed by atoms with van der Waals surface area (Å²) in [5, 5.41) is 4.82. The van der Waals surface area contributed by atoms with E-state index in [1.54, 1.807) is 0 Å². The van der Waals surface area contributed by atoms with Crippen molar-refractivity contribution in [3.63, 3.8) is 0 Å². The van der Waals surface area contributed by atoms with Crippen LogP contribution in [0, 0.1) is 19.8 Å². The van der Waals surface area contributed by atoms with Gasteiger partial charge in [0.15, 0.2) is 0 Å². The standard InChI is InChI=1S/C16H21ClN2OS/c1-10(2)8-18-9-13-6-5-7-14(17)15(13)21-16-19-11(3)12(4)20-16/h5-7,10,18H,8-9H2,1-4H3. The third-order valence-corrected chi connectivity index (χ3v) is 4.58. The largest absolute Gasteiger partial charge is 0.436 e. The van der Waals surface area contributed by atoms with Crippen LogP contribution in [0.3, 0.4) is 0 Å². The van der Waals surface area contributed by atoms with Gasteiger partial charge in [0.25, 0.3) is 5.22 Å². The maximum atomic E-state index is 6.35. The number of aromatic nitrogens is 1. The van der Waals surface area contributed by atoms with E-state index in [0.29, 0.717) is 11.1 Å². The molecule has 2 rings (SSSR count). The highest BCUT2D eigenvalue weighted by Gasteiger charge is 2.13. The van der Waals surface area contributed by atoms with Crippen molar-refractivity contribution in [3.8, 4) is 0 Å². The van der Waals surface area contributed by atoms with Crippen molar-refractivity contribution >= 4 is 23.4 Å². The van der Waals surface area contributed by atoms with Crippen LogP contribution < -0.4 is 5.32 Å². The molecule has 2 aromatic rings. The van der Waals surface area contributed by atoms with Gasteiger partial charge in [0.2, 0.25) is 0 Å². The van der Waals surface area contributed by atoms with E-state index in [0.717, 1.165) is 34.5 Å². The van der Waals surface area contributed by atoms with Crippen LogP contribution in [0.5, 0.6) is 0 Å². The first kappa shape index (κ1) is 16.4. The lowest BCUT2D eigenvalue weighted by Crippen LogP contribution is -2.19. The minimum Gasteiger partial charge on any atom is -0.436 e. The zero-order chi connectivity index (χ0) is 15.4. The number of rotatable bonds is 6. The summed E-state index contributed by atoms with van der Waals surface area (Å²) in [6, 6.07) is 5.97. The second-order valence-corrected chi connectivity index (χ2v) is 6.85. The van der Waals surface area contributed by atoms with Gasteiger partial charge in [0.1, 0.15) is 5.76 Å². The van der Waals surface area contributed by atoms with Crippen molar-refractivity contribution in [1.29, 1.82) is 0 Å². The van der Waals surface area contributed by atoms with Crippen LogP contribution in [0.25, 0.3) is 0 Å². The highest BCUT2D eigenvalue weighted by atomic mass is 35.5. The molecule has 0 aliphatic heterocycles.